The van der Waals surface area contributed by atoms with Crippen LogP contribution in [0, 0.1) is 0 Å². The first-order valence-electron chi connectivity index (χ1n) is 5.29. The standard InChI is InChI=1S/C11H12BrNO4S/c1-11(17-3-9(14)15)5-13(6-11)10(16)7-2-8(12)18-4-7/h2,4H,3,5-6H2,1H3,(H,14,15). The first-order valence-corrected chi connectivity index (χ1v) is 6.96. The second-order valence-corrected chi connectivity index (χ2v) is 6.72. The van der Waals surface area contributed by atoms with Crippen molar-refractivity contribution in [2.45, 2.75) is 12.5 Å². The summed E-state index contributed by atoms with van der Waals surface area (Å²) in [4.78, 5) is 24.1. The number of thiophene rings is 1. The molecule has 0 bridgehead atoms. The Labute approximate surface area is 116 Å². The molecule has 5 nitrogen and oxygen atoms in total. The Morgan fingerprint density at radius 1 is 1.61 bits per heavy atom. The SMILES string of the molecule is CC1(OCC(=O)O)CN(C(=O)c2csc(Br)c2)C1. The molecular formula is C11H12BrNO4S. The van der Waals surface area contributed by atoms with Crippen molar-refractivity contribution in [3.05, 3.63) is 20.8 Å². The van der Waals surface area contributed by atoms with E-state index < -0.39 is 11.6 Å². The number of rotatable bonds is 4. The number of carbonyl (C=O) groups is 2. The molecule has 1 saturated heterocycles. The van der Waals surface area contributed by atoms with E-state index in [1.807, 2.05) is 6.92 Å². The summed E-state index contributed by atoms with van der Waals surface area (Å²) in [6.45, 7) is 2.32. The highest BCUT2D eigenvalue weighted by molar-refractivity contribution is 9.11. The van der Waals surface area contributed by atoms with Gasteiger partial charge in [0.05, 0.1) is 22.4 Å². The number of likely N-dealkylation sites (tertiary alicyclic amines) is 1. The highest BCUT2D eigenvalue weighted by atomic mass is 79.9. The number of aliphatic carboxylic acids is 1. The van der Waals surface area contributed by atoms with Crippen molar-refractivity contribution in [3.8, 4) is 0 Å². The summed E-state index contributed by atoms with van der Waals surface area (Å²) >= 11 is 4.77. The van der Waals surface area contributed by atoms with E-state index in [0.29, 0.717) is 18.7 Å². The zero-order chi connectivity index (χ0) is 13.3. The quantitative estimate of drug-likeness (QED) is 0.912. The van der Waals surface area contributed by atoms with Gasteiger partial charge in [-0.1, -0.05) is 0 Å². The molecule has 0 atom stereocenters. The summed E-state index contributed by atoms with van der Waals surface area (Å²) < 4.78 is 6.16. The van der Waals surface area contributed by atoms with Crippen LogP contribution in [0.4, 0.5) is 0 Å². The van der Waals surface area contributed by atoms with Crippen LogP contribution in [0.5, 0.6) is 0 Å². The van der Waals surface area contributed by atoms with Crippen LogP contribution in [0.15, 0.2) is 15.2 Å². The van der Waals surface area contributed by atoms with Gasteiger partial charge in [0.25, 0.3) is 5.91 Å². The molecule has 0 saturated carbocycles. The maximum absolute atomic E-state index is 12.0. The fourth-order valence-corrected chi connectivity index (χ4v) is 2.97. The van der Waals surface area contributed by atoms with Gasteiger partial charge in [-0.25, -0.2) is 4.79 Å². The summed E-state index contributed by atoms with van der Waals surface area (Å²) in [7, 11) is 0. The average Bonchev–Trinajstić information content (AvgIpc) is 2.68. The number of ether oxygens (including phenoxy) is 1. The van der Waals surface area contributed by atoms with Crippen molar-refractivity contribution in [1.82, 2.24) is 4.90 Å². The number of hydrogen-bond donors (Lipinski definition) is 1. The minimum absolute atomic E-state index is 0.0478. The van der Waals surface area contributed by atoms with Gasteiger partial charge in [-0.3, -0.25) is 4.79 Å². The Bertz CT molecular complexity index is 481. The Balaban J connectivity index is 1.88. The van der Waals surface area contributed by atoms with E-state index in [1.54, 1.807) is 16.3 Å². The molecule has 0 radical (unpaired) electrons. The van der Waals surface area contributed by atoms with Crippen molar-refractivity contribution >= 4 is 39.1 Å². The Hall–Kier alpha value is -0.920. The fourth-order valence-electron chi connectivity index (χ4n) is 1.84. The number of halogens is 1. The first-order chi connectivity index (χ1) is 8.39. The molecule has 7 heteroatoms. The zero-order valence-corrected chi connectivity index (χ0v) is 12.1. The van der Waals surface area contributed by atoms with Gasteiger partial charge in [0.2, 0.25) is 0 Å². The second kappa shape index (κ2) is 4.99. The van der Waals surface area contributed by atoms with Gasteiger partial charge < -0.3 is 14.7 Å². The van der Waals surface area contributed by atoms with Gasteiger partial charge in [-0.2, -0.15) is 0 Å². The predicted octanol–water partition coefficient (Wildman–Crippen LogP) is 1.83. The maximum atomic E-state index is 12.0. The Morgan fingerprint density at radius 3 is 2.78 bits per heavy atom. The zero-order valence-electron chi connectivity index (χ0n) is 9.68. The summed E-state index contributed by atoms with van der Waals surface area (Å²) in [5, 5.41) is 10.3. The Morgan fingerprint density at radius 2 is 2.28 bits per heavy atom. The lowest BCUT2D eigenvalue weighted by Crippen LogP contribution is -2.63. The number of carboxylic acid groups (broad SMARTS) is 1. The molecule has 1 N–H and O–H groups in total. The molecule has 0 unspecified atom stereocenters. The van der Waals surface area contributed by atoms with E-state index in [4.69, 9.17) is 9.84 Å². The van der Waals surface area contributed by atoms with Gasteiger partial charge in [0.1, 0.15) is 12.2 Å². The number of amides is 1. The highest BCUT2D eigenvalue weighted by Gasteiger charge is 2.43. The van der Waals surface area contributed by atoms with Crippen LogP contribution in [0.1, 0.15) is 17.3 Å². The molecular weight excluding hydrogens is 322 g/mol. The normalized spacial score (nSPS) is 17.3. The van der Waals surface area contributed by atoms with Crippen LogP contribution in [-0.2, 0) is 9.53 Å². The molecule has 1 aliphatic heterocycles. The van der Waals surface area contributed by atoms with Crippen LogP contribution in [0.2, 0.25) is 0 Å². The maximum Gasteiger partial charge on any atom is 0.329 e. The molecule has 18 heavy (non-hydrogen) atoms. The third kappa shape index (κ3) is 2.90. The number of carbonyl (C=O) groups excluding carboxylic acids is 1. The molecule has 1 aromatic heterocycles. The van der Waals surface area contributed by atoms with Gasteiger partial charge in [-0.05, 0) is 28.9 Å². The molecule has 0 aromatic carbocycles. The molecule has 2 rings (SSSR count). The van der Waals surface area contributed by atoms with E-state index in [-0.39, 0.29) is 12.5 Å². The number of carboxylic acids is 1. The van der Waals surface area contributed by atoms with Gasteiger partial charge in [0.15, 0.2) is 0 Å². The van der Waals surface area contributed by atoms with Crippen molar-refractivity contribution < 1.29 is 19.4 Å². The highest BCUT2D eigenvalue weighted by Crippen LogP contribution is 2.28. The Kier molecular flexibility index (Phi) is 3.74. The fraction of sp³-hybridized carbons (Fsp3) is 0.455. The van der Waals surface area contributed by atoms with Gasteiger partial charge in [-0.15, -0.1) is 11.3 Å². The molecule has 1 aromatic rings. The van der Waals surface area contributed by atoms with Crippen LogP contribution in [-0.4, -0.2) is 47.2 Å². The van der Waals surface area contributed by atoms with Gasteiger partial charge in [0, 0.05) is 5.38 Å². The molecule has 1 aliphatic rings. The van der Waals surface area contributed by atoms with Crippen LogP contribution in [0.3, 0.4) is 0 Å². The number of hydrogen-bond acceptors (Lipinski definition) is 4. The third-order valence-electron chi connectivity index (χ3n) is 2.70. The summed E-state index contributed by atoms with van der Waals surface area (Å²) in [5.41, 5.74) is 0.105. The lowest BCUT2D eigenvalue weighted by molar-refractivity contribution is -0.159. The van der Waals surface area contributed by atoms with Crippen molar-refractivity contribution in [3.63, 3.8) is 0 Å². The van der Waals surface area contributed by atoms with Crippen LogP contribution >= 0.6 is 27.3 Å². The van der Waals surface area contributed by atoms with Crippen LogP contribution < -0.4 is 0 Å². The number of nitrogens with zero attached hydrogens (tertiary/aromatic N) is 1. The van der Waals surface area contributed by atoms with E-state index >= 15 is 0 Å². The molecule has 0 spiro atoms. The molecule has 98 valence electrons. The lowest BCUT2D eigenvalue weighted by atomic mass is 9.95. The second-order valence-electron chi connectivity index (χ2n) is 4.43. The monoisotopic (exact) mass is 333 g/mol. The average molecular weight is 334 g/mol. The predicted molar refractivity (Wildman–Crippen MR) is 69.9 cm³/mol. The van der Waals surface area contributed by atoms with Crippen molar-refractivity contribution in [2.75, 3.05) is 19.7 Å². The third-order valence-corrected chi connectivity index (χ3v) is 4.20. The topological polar surface area (TPSA) is 66.8 Å². The summed E-state index contributed by atoms with van der Waals surface area (Å²) in [6, 6.07) is 1.78. The minimum Gasteiger partial charge on any atom is -0.480 e. The molecule has 1 amide bonds. The summed E-state index contributed by atoms with van der Waals surface area (Å²) in [5.74, 6) is -1.05. The summed E-state index contributed by atoms with van der Waals surface area (Å²) in [6.07, 6.45) is 0. The van der Waals surface area contributed by atoms with Crippen LogP contribution in [0.25, 0.3) is 0 Å². The van der Waals surface area contributed by atoms with E-state index in [0.717, 1.165) is 3.79 Å². The molecule has 2 heterocycles. The molecule has 0 aliphatic carbocycles. The smallest absolute Gasteiger partial charge is 0.329 e. The van der Waals surface area contributed by atoms with Crippen molar-refractivity contribution in [1.29, 1.82) is 0 Å². The van der Waals surface area contributed by atoms with E-state index in [9.17, 15) is 9.59 Å². The van der Waals surface area contributed by atoms with Gasteiger partial charge >= 0.3 is 5.97 Å². The first kappa shape index (κ1) is 13.5. The molecule has 1 fully saturated rings. The minimum atomic E-state index is -0.997. The van der Waals surface area contributed by atoms with E-state index in [1.165, 1.54) is 11.3 Å². The largest absolute Gasteiger partial charge is 0.480 e. The van der Waals surface area contributed by atoms with E-state index in [2.05, 4.69) is 15.9 Å². The van der Waals surface area contributed by atoms with Crippen molar-refractivity contribution in [2.24, 2.45) is 0 Å². The lowest BCUT2D eigenvalue weighted by Gasteiger charge is -2.47.